The van der Waals surface area contributed by atoms with Gasteiger partial charge in [-0.25, -0.2) is 0 Å². The van der Waals surface area contributed by atoms with E-state index in [1.165, 1.54) is 12.1 Å². The van der Waals surface area contributed by atoms with Gasteiger partial charge in [-0.05, 0) is 11.6 Å². The van der Waals surface area contributed by atoms with Crippen molar-refractivity contribution in [3.05, 3.63) is 75.8 Å². The molecular formula is C19H18N4O3. The van der Waals surface area contributed by atoms with E-state index in [1.807, 2.05) is 35.2 Å². The molecule has 0 aliphatic carbocycles. The van der Waals surface area contributed by atoms with E-state index >= 15 is 0 Å². The maximum absolute atomic E-state index is 12.7. The zero-order valence-electron chi connectivity index (χ0n) is 14.1. The number of rotatable bonds is 4. The van der Waals surface area contributed by atoms with Crippen LogP contribution in [0.3, 0.4) is 0 Å². The Morgan fingerprint density at radius 1 is 1.04 bits per heavy atom. The third-order valence-corrected chi connectivity index (χ3v) is 4.54. The smallest absolute Gasteiger partial charge is 0.282 e. The number of benzene rings is 2. The molecule has 7 heteroatoms. The van der Waals surface area contributed by atoms with Gasteiger partial charge in [0.15, 0.2) is 0 Å². The highest BCUT2D eigenvalue weighted by molar-refractivity contribution is 5.98. The second-order valence-electron chi connectivity index (χ2n) is 6.04. The van der Waals surface area contributed by atoms with Crippen molar-refractivity contribution in [1.82, 2.24) is 9.80 Å². The molecule has 0 radical (unpaired) electrons. The summed E-state index contributed by atoms with van der Waals surface area (Å²) in [5.74, 6) is -0.342. The number of amides is 1. The number of nitro groups is 1. The fraction of sp³-hybridized carbons (Fsp3) is 0.263. The molecule has 132 valence electrons. The van der Waals surface area contributed by atoms with Crippen LogP contribution in [0.4, 0.5) is 5.69 Å². The van der Waals surface area contributed by atoms with Gasteiger partial charge in [-0.3, -0.25) is 19.8 Å². The first kappa shape index (κ1) is 17.6. The van der Waals surface area contributed by atoms with E-state index in [4.69, 9.17) is 0 Å². The largest absolute Gasteiger partial charge is 0.336 e. The Bertz CT molecular complexity index is 839. The molecule has 0 unspecified atom stereocenters. The molecule has 0 spiro atoms. The van der Waals surface area contributed by atoms with Crippen LogP contribution in [0.5, 0.6) is 0 Å². The second kappa shape index (κ2) is 7.76. The zero-order valence-corrected chi connectivity index (χ0v) is 14.1. The SMILES string of the molecule is N#C[C@H](c1ccccc1)N1CCN(C(=O)c2ccccc2[N+](=O)[O-])CC1. The molecule has 0 N–H and O–H groups in total. The molecule has 1 saturated heterocycles. The Labute approximate surface area is 151 Å². The number of hydrogen-bond acceptors (Lipinski definition) is 5. The highest BCUT2D eigenvalue weighted by Crippen LogP contribution is 2.24. The molecule has 2 aromatic rings. The van der Waals surface area contributed by atoms with Crippen LogP contribution in [0.25, 0.3) is 0 Å². The van der Waals surface area contributed by atoms with Crippen molar-refractivity contribution < 1.29 is 9.72 Å². The molecule has 7 nitrogen and oxygen atoms in total. The maximum atomic E-state index is 12.7. The van der Waals surface area contributed by atoms with Gasteiger partial charge in [0, 0.05) is 32.2 Å². The van der Waals surface area contributed by atoms with Crippen LogP contribution < -0.4 is 0 Å². The third kappa shape index (κ3) is 3.55. The van der Waals surface area contributed by atoms with Crippen LogP contribution in [0.2, 0.25) is 0 Å². The predicted octanol–water partition coefficient (Wildman–Crippen LogP) is 2.62. The van der Waals surface area contributed by atoms with E-state index in [2.05, 4.69) is 6.07 Å². The average Bonchev–Trinajstić information content (AvgIpc) is 2.69. The molecule has 0 aromatic heterocycles. The summed E-state index contributed by atoms with van der Waals surface area (Å²) < 4.78 is 0. The highest BCUT2D eigenvalue weighted by atomic mass is 16.6. The Hall–Kier alpha value is -3.24. The summed E-state index contributed by atoms with van der Waals surface area (Å²) in [6.07, 6.45) is 0. The van der Waals surface area contributed by atoms with Crippen LogP contribution in [-0.4, -0.2) is 46.8 Å². The summed E-state index contributed by atoms with van der Waals surface area (Å²) in [4.78, 5) is 26.9. The van der Waals surface area contributed by atoms with Gasteiger partial charge in [0.1, 0.15) is 11.6 Å². The van der Waals surface area contributed by atoms with Crippen molar-refractivity contribution in [2.45, 2.75) is 6.04 Å². The van der Waals surface area contributed by atoms with Crippen molar-refractivity contribution in [2.75, 3.05) is 26.2 Å². The fourth-order valence-corrected chi connectivity index (χ4v) is 3.17. The van der Waals surface area contributed by atoms with Crippen LogP contribution in [0.1, 0.15) is 22.0 Å². The van der Waals surface area contributed by atoms with Gasteiger partial charge in [0.25, 0.3) is 11.6 Å². The number of piperazine rings is 1. The van der Waals surface area contributed by atoms with Gasteiger partial charge in [-0.2, -0.15) is 5.26 Å². The number of carbonyl (C=O) groups excluding carboxylic acids is 1. The molecule has 1 atom stereocenters. The lowest BCUT2D eigenvalue weighted by molar-refractivity contribution is -0.385. The first-order valence-electron chi connectivity index (χ1n) is 8.33. The van der Waals surface area contributed by atoms with Crippen LogP contribution in [-0.2, 0) is 0 Å². The Balaban J connectivity index is 1.70. The molecule has 3 rings (SSSR count). The number of nitrogens with zero attached hydrogens (tertiary/aromatic N) is 4. The van der Waals surface area contributed by atoms with Crippen LogP contribution in [0.15, 0.2) is 54.6 Å². The quantitative estimate of drug-likeness (QED) is 0.624. The monoisotopic (exact) mass is 350 g/mol. The minimum Gasteiger partial charge on any atom is -0.336 e. The predicted molar refractivity (Wildman–Crippen MR) is 95.4 cm³/mol. The van der Waals surface area contributed by atoms with Crippen molar-refractivity contribution in [1.29, 1.82) is 5.26 Å². The van der Waals surface area contributed by atoms with Gasteiger partial charge >= 0.3 is 0 Å². The first-order chi connectivity index (χ1) is 12.6. The number of nitriles is 1. The standard InChI is InChI=1S/C19H18N4O3/c20-14-18(15-6-2-1-3-7-15)21-10-12-22(13-11-21)19(24)16-8-4-5-9-17(16)23(25)26/h1-9,18H,10-13H2/t18-/m1/s1. The van der Waals surface area contributed by atoms with Crippen molar-refractivity contribution in [2.24, 2.45) is 0 Å². The second-order valence-corrected chi connectivity index (χ2v) is 6.04. The normalized spacial score (nSPS) is 15.9. The summed E-state index contributed by atoms with van der Waals surface area (Å²) in [6, 6.07) is 17.5. The minimum absolute atomic E-state index is 0.103. The number of para-hydroxylation sites is 1. The number of carbonyl (C=O) groups is 1. The first-order valence-corrected chi connectivity index (χ1v) is 8.33. The molecule has 26 heavy (non-hydrogen) atoms. The van der Waals surface area contributed by atoms with Gasteiger partial charge in [0.05, 0.1) is 11.0 Å². The molecule has 1 amide bonds. The van der Waals surface area contributed by atoms with Crippen molar-refractivity contribution >= 4 is 11.6 Å². The van der Waals surface area contributed by atoms with Crippen LogP contribution >= 0.6 is 0 Å². The van der Waals surface area contributed by atoms with Gasteiger partial charge in [-0.15, -0.1) is 0 Å². The van der Waals surface area contributed by atoms with E-state index in [9.17, 15) is 20.2 Å². The number of hydrogen-bond donors (Lipinski definition) is 0. The third-order valence-electron chi connectivity index (χ3n) is 4.54. The lowest BCUT2D eigenvalue weighted by Gasteiger charge is -2.37. The van der Waals surface area contributed by atoms with Gasteiger partial charge < -0.3 is 4.90 Å². The molecule has 1 heterocycles. The molecule has 2 aromatic carbocycles. The lowest BCUT2D eigenvalue weighted by Crippen LogP contribution is -2.49. The molecule has 1 fully saturated rings. The van der Waals surface area contributed by atoms with E-state index in [-0.39, 0.29) is 23.2 Å². The molecule has 1 aliphatic heterocycles. The highest BCUT2D eigenvalue weighted by Gasteiger charge is 2.30. The summed E-state index contributed by atoms with van der Waals surface area (Å²) >= 11 is 0. The number of nitro benzene ring substituents is 1. The zero-order chi connectivity index (χ0) is 18.5. The van der Waals surface area contributed by atoms with Crippen molar-refractivity contribution in [3.8, 4) is 6.07 Å². The Morgan fingerprint density at radius 3 is 2.27 bits per heavy atom. The average molecular weight is 350 g/mol. The molecule has 0 bridgehead atoms. The topological polar surface area (TPSA) is 90.5 Å². The minimum atomic E-state index is -0.537. The van der Waals surface area contributed by atoms with E-state index < -0.39 is 4.92 Å². The van der Waals surface area contributed by atoms with E-state index in [0.29, 0.717) is 26.2 Å². The maximum Gasteiger partial charge on any atom is 0.282 e. The summed E-state index contributed by atoms with van der Waals surface area (Å²) in [5.41, 5.74) is 0.846. The van der Waals surface area contributed by atoms with E-state index in [1.54, 1.807) is 17.0 Å². The Kier molecular flexibility index (Phi) is 5.25. The summed E-state index contributed by atoms with van der Waals surface area (Å²) in [7, 11) is 0. The Morgan fingerprint density at radius 2 is 1.65 bits per heavy atom. The van der Waals surface area contributed by atoms with Crippen molar-refractivity contribution in [3.63, 3.8) is 0 Å². The molecule has 0 saturated carbocycles. The lowest BCUT2D eigenvalue weighted by atomic mass is 10.1. The van der Waals surface area contributed by atoms with Crippen LogP contribution in [0, 0.1) is 21.4 Å². The van der Waals surface area contributed by atoms with E-state index in [0.717, 1.165) is 5.56 Å². The van der Waals surface area contributed by atoms with Gasteiger partial charge in [0.2, 0.25) is 0 Å². The summed E-state index contributed by atoms with van der Waals surface area (Å²) in [6.45, 7) is 1.94. The summed E-state index contributed by atoms with van der Waals surface area (Å²) in [5, 5.41) is 20.7. The van der Waals surface area contributed by atoms with Gasteiger partial charge in [-0.1, -0.05) is 42.5 Å². The fourth-order valence-electron chi connectivity index (χ4n) is 3.17. The molecular weight excluding hydrogens is 332 g/mol. The molecule has 1 aliphatic rings.